The first-order valence-electron chi connectivity index (χ1n) is 11.1. The second-order valence-electron chi connectivity index (χ2n) is 8.11. The maximum Gasteiger partial charge on any atom is 0.162 e. The zero-order valence-corrected chi connectivity index (χ0v) is 19.3. The minimum atomic E-state index is 0.616. The third-order valence-corrected chi connectivity index (χ3v) is 6.88. The number of benzene rings is 1. The van der Waals surface area contributed by atoms with Crippen LogP contribution in [0, 0.1) is 11.3 Å². The van der Waals surface area contributed by atoms with Crippen LogP contribution in [0.3, 0.4) is 0 Å². The molecule has 0 saturated carbocycles. The molecule has 4 aromatic rings. The summed E-state index contributed by atoms with van der Waals surface area (Å²) in [5, 5.41) is 14.5. The number of likely N-dealkylation sites (N-methyl/N-ethyl adjacent to an activating group) is 1. The largest absolute Gasteiger partial charge is 0.324 e. The first-order valence-corrected chi connectivity index (χ1v) is 12.0. The van der Waals surface area contributed by atoms with Gasteiger partial charge in [-0.3, -0.25) is 4.90 Å². The number of nitrogens with one attached hydrogen (secondary N) is 1. The maximum atomic E-state index is 9.05. The van der Waals surface area contributed by atoms with Gasteiger partial charge in [-0.05, 0) is 53.9 Å². The van der Waals surface area contributed by atoms with Crippen LogP contribution < -0.4 is 5.32 Å². The van der Waals surface area contributed by atoms with Crippen LogP contribution in [0.4, 0.5) is 11.6 Å². The van der Waals surface area contributed by atoms with E-state index < -0.39 is 0 Å². The topological polar surface area (TPSA) is 81.0 Å². The van der Waals surface area contributed by atoms with Gasteiger partial charge in [-0.2, -0.15) is 5.26 Å². The first-order chi connectivity index (χ1) is 16.2. The zero-order valence-electron chi connectivity index (χ0n) is 18.5. The minimum absolute atomic E-state index is 0.616. The maximum absolute atomic E-state index is 9.05. The van der Waals surface area contributed by atoms with Gasteiger partial charge in [-0.25, -0.2) is 15.0 Å². The Labute approximate surface area is 197 Å². The highest BCUT2D eigenvalue weighted by Gasteiger charge is 2.16. The molecule has 0 radical (unpaired) electrons. The molecule has 7 nitrogen and oxygen atoms in total. The number of nitrogens with zero attached hydrogens (tertiary/aromatic N) is 6. The molecule has 0 amide bonds. The second kappa shape index (κ2) is 9.63. The molecule has 0 spiro atoms. The average Bonchev–Trinajstić information content (AvgIpc) is 3.35. The van der Waals surface area contributed by atoms with Crippen LogP contribution in [-0.4, -0.2) is 57.5 Å². The molecule has 1 aliphatic heterocycles. The van der Waals surface area contributed by atoms with Crippen molar-refractivity contribution >= 4 is 33.2 Å². The molecule has 1 saturated heterocycles. The normalized spacial score (nSPS) is 14.9. The Morgan fingerprint density at radius 3 is 2.48 bits per heavy atom. The summed E-state index contributed by atoms with van der Waals surface area (Å²) in [6.07, 6.45) is 1.95. The van der Waals surface area contributed by atoms with E-state index in [4.69, 9.17) is 15.2 Å². The quantitative estimate of drug-likeness (QED) is 0.458. The van der Waals surface area contributed by atoms with Crippen molar-refractivity contribution in [2.24, 2.45) is 0 Å². The highest BCUT2D eigenvalue weighted by molar-refractivity contribution is 7.17. The van der Waals surface area contributed by atoms with Crippen molar-refractivity contribution in [1.29, 1.82) is 5.26 Å². The third kappa shape index (κ3) is 4.86. The van der Waals surface area contributed by atoms with Crippen LogP contribution in [0.15, 0.2) is 54.0 Å². The fraction of sp³-hybridized carbons (Fsp3) is 0.280. The number of pyridine rings is 1. The van der Waals surface area contributed by atoms with E-state index in [1.54, 1.807) is 23.5 Å². The third-order valence-electron chi connectivity index (χ3n) is 5.97. The lowest BCUT2D eigenvalue weighted by Crippen LogP contribution is -2.45. The van der Waals surface area contributed by atoms with Crippen molar-refractivity contribution in [2.45, 2.75) is 13.5 Å². The van der Waals surface area contributed by atoms with Crippen LogP contribution in [0.25, 0.3) is 21.6 Å². The lowest BCUT2D eigenvalue weighted by Gasteiger charge is -2.33. The number of anilines is 2. The highest BCUT2D eigenvalue weighted by atomic mass is 32.1. The summed E-state index contributed by atoms with van der Waals surface area (Å²) in [6.45, 7) is 8.75. The summed E-state index contributed by atoms with van der Waals surface area (Å²) in [5.74, 6) is 2.12. The molecular weight excluding hydrogens is 430 g/mol. The van der Waals surface area contributed by atoms with Gasteiger partial charge >= 0.3 is 0 Å². The van der Waals surface area contributed by atoms with Crippen molar-refractivity contribution < 1.29 is 0 Å². The Bertz CT molecular complexity index is 1270. The van der Waals surface area contributed by atoms with Crippen molar-refractivity contribution in [3.63, 3.8) is 0 Å². The number of aromatic nitrogens is 3. The van der Waals surface area contributed by atoms with E-state index in [1.165, 1.54) is 5.56 Å². The molecule has 1 aliphatic rings. The fourth-order valence-electron chi connectivity index (χ4n) is 4.01. The van der Waals surface area contributed by atoms with Crippen LogP contribution in [-0.2, 0) is 6.54 Å². The van der Waals surface area contributed by atoms with Gasteiger partial charge in [-0.15, -0.1) is 11.3 Å². The van der Waals surface area contributed by atoms with Gasteiger partial charge < -0.3 is 10.2 Å². The molecule has 33 heavy (non-hydrogen) atoms. The average molecular weight is 456 g/mol. The molecule has 0 unspecified atom stereocenters. The SMILES string of the molecule is CCN1CCN(Cc2ccc(Nc3nc(-c4ccc(C#N)cc4)nc4ccsc34)nc2)CC1. The molecule has 0 aliphatic carbocycles. The highest BCUT2D eigenvalue weighted by Crippen LogP contribution is 2.30. The van der Waals surface area contributed by atoms with Gasteiger partial charge in [0.1, 0.15) is 5.82 Å². The number of rotatable bonds is 6. The molecular formula is C25H25N7S. The smallest absolute Gasteiger partial charge is 0.162 e. The molecule has 1 N–H and O–H groups in total. The monoisotopic (exact) mass is 455 g/mol. The van der Waals surface area contributed by atoms with Crippen molar-refractivity contribution in [2.75, 3.05) is 38.0 Å². The van der Waals surface area contributed by atoms with E-state index in [-0.39, 0.29) is 0 Å². The molecule has 5 rings (SSSR count). The molecule has 166 valence electrons. The predicted octanol–water partition coefficient (Wildman–Crippen LogP) is 4.51. The van der Waals surface area contributed by atoms with E-state index >= 15 is 0 Å². The van der Waals surface area contributed by atoms with Gasteiger partial charge in [0.05, 0.1) is 21.8 Å². The summed E-state index contributed by atoms with van der Waals surface area (Å²) in [7, 11) is 0. The standard InChI is InChI=1S/C25H25N7S/c1-2-31-10-12-32(13-11-31)17-19-5-8-22(27-16-19)29-25-23-21(9-14-33-23)28-24(30-25)20-6-3-18(15-26)4-7-20/h3-9,14,16H,2,10-13,17H2,1H3,(H,27,28,29,30). The van der Waals surface area contributed by atoms with Crippen LogP contribution in [0.2, 0.25) is 0 Å². The lowest BCUT2D eigenvalue weighted by atomic mass is 10.1. The molecule has 0 atom stereocenters. The molecule has 0 bridgehead atoms. The van der Waals surface area contributed by atoms with Crippen LogP contribution >= 0.6 is 11.3 Å². The Hall–Kier alpha value is -3.38. The number of nitriles is 1. The Kier molecular flexibility index (Phi) is 6.26. The Balaban J connectivity index is 1.33. The number of hydrogen-bond acceptors (Lipinski definition) is 8. The molecule has 8 heteroatoms. The van der Waals surface area contributed by atoms with Gasteiger partial charge in [0.25, 0.3) is 0 Å². The first kappa shape index (κ1) is 21.5. The number of fused-ring (bicyclic) bond motifs is 1. The van der Waals surface area contributed by atoms with E-state index in [1.807, 2.05) is 35.8 Å². The van der Waals surface area contributed by atoms with Gasteiger partial charge in [0, 0.05) is 44.5 Å². The van der Waals surface area contributed by atoms with Crippen LogP contribution in [0.1, 0.15) is 18.1 Å². The number of thiophene rings is 1. The number of hydrogen-bond donors (Lipinski definition) is 1. The Morgan fingerprint density at radius 2 is 1.79 bits per heavy atom. The van der Waals surface area contributed by atoms with Gasteiger partial charge in [0.15, 0.2) is 11.6 Å². The summed E-state index contributed by atoms with van der Waals surface area (Å²) in [5.41, 5.74) is 3.59. The van der Waals surface area contributed by atoms with Crippen molar-refractivity contribution in [3.8, 4) is 17.5 Å². The zero-order chi connectivity index (χ0) is 22.6. The molecule has 4 heterocycles. The Morgan fingerprint density at radius 1 is 1.00 bits per heavy atom. The number of piperazine rings is 1. The van der Waals surface area contributed by atoms with Crippen molar-refractivity contribution in [1.82, 2.24) is 24.8 Å². The summed E-state index contributed by atoms with van der Waals surface area (Å²) < 4.78 is 0.993. The van der Waals surface area contributed by atoms with Crippen molar-refractivity contribution in [3.05, 3.63) is 65.2 Å². The predicted molar refractivity (Wildman–Crippen MR) is 132 cm³/mol. The van der Waals surface area contributed by atoms with Crippen LogP contribution in [0.5, 0.6) is 0 Å². The molecule has 3 aromatic heterocycles. The van der Waals surface area contributed by atoms with E-state index in [0.717, 1.165) is 66.7 Å². The fourth-order valence-corrected chi connectivity index (χ4v) is 4.78. The van der Waals surface area contributed by atoms with E-state index in [2.05, 4.69) is 39.2 Å². The summed E-state index contributed by atoms with van der Waals surface area (Å²) in [4.78, 5) is 19.1. The molecule has 1 aromatic carbocycles. The molecule has 1 fully saturated rings. The lowest BCUT2D eigenvalue weighted by molar-refractivity contribution is 0.132. The van der Waals surface area contributed by atoms with Gasteiger partial charge in [0.2, 0.25) is 0 Å². The minimum Gasteiger partial charge on any atom is -0.324 e. The summed E-state index contributed by atoms with van der Waals surface area (Å²) in [6, 6.07) is 15.6. The summed E-state index contributed by atoms with van der Waals surface area (Å²) >= 11 is 1.60. The second-order valence-corrected chi connectivity index (χ2v) is 9.02. The van der Waals surface area contributed by atoms with E-state index in [9.17, 15) is 0 Å². The van der Waals surface area contributed by atoms with Gasteiger partial charge in [-0.1, -0.05) is 13.0 Å². The van der Waals surface area contributed by atoms with E-state index in [0.29, 0.717) is 11.4 Å².